The predicted molar refractivity (Wildman–Crippen MR) is 82.6 cm³/mol. The zero-order valence-corrected chi connectivity index (χ0v) is 13.3. The van der Waals surface area contributed by atoms with Crippen molar-refractivity contribution in [1.82, 2.24) is 5.32 Å². The maximum absolute atomic E-state index is 12.2. The molecule has 1 fully saturated rings. The smallest absolute Gasteiger partial charge is 0.406 e. The highest BCUT2D eigenvalue weighted by molar-refractivity contribution is 5.94. The molecule has 0 radical (unpaired) electrons. The first kappa shape index (κ1) is 19.6. The van der Waals surface area contributed by atoms with Gasteiger partial charge in [0.15, 0.2) is 0 Å². The van der Waals surface area contributed by atoms with E-state index >= 15 is 0 Å². The summed E-state index contributed by atoms with van der Waals surface area (Å²) in [4.78, 5) is 12.2. The Bertz CT molecular complexity index is 508. The SMILES string of the molecule is Cl.NCC1CCCCC1NC(=O)c1ccc(OC(F)(F)F)cc1. The first-order chi connectivity index (χ1) is 10.4. The molecule has 0 aliphatic heterocycles. The van der Waals surface area contributed by atoms with Gasteiger partial charge in [-0.05, 0) is 49.6 Å². The van der Waals surface area contributed by atoms with Crippen LogP contribution in [-0.2, 0) is 0 Å². The molecule has 0 aromatic heterocycles. The lowest BCUT2D eigenvalue weighted by molar-refractivity contribution is -0.274. The quantitative estimate of drug-likeness (QED) is 0.874. The van der Waals surface area contributed by atoms with E-state index in [-0.39, 0.29) is 36.0 Å². The molecule has 0 spiro atoms. The summed E-state index contributed by atoms with van der Waals surface area (Å²) >= 11 is 0. The minimum Gasteiger partial charge on any atom is -0.406 e. The van der Waals surface area contributed by atoms with Gasteiger partial charge in [0.05, 0.1) is 0 Å². The Hall–Kier alpha value is -1.47. The predicted octanol–water partition coefficient (Wildman–Crippen LogP) is 3.25. The second-order valence-electron chi connectivity index (χ2n) is 5.43. The van der Waals surface area contributed by atoms with Gasteiger partial charge in [0.25, 0.3) is 5.91 Å². The minimum atomic E-state index is -4.74. The molecule has 0 saturated heterocycles. The zero-order valence-electron chi connectivity index (χ0n) is 12.4. The molecular weight excluding hydrogens is 333 g/mol. The van der Waals surface area contributed by atoms with Gasteiger partial charge < -0.3 is 15.8 Å². The van der Waals surface area contributed by atoms with E-state index in [9.17, 15) is 18.0 Å². The Morgan fingerprint density at radius 2 is 1.83 bits per heavy atom. The van der Waals surface area contributed by atoms with Crippen LogP contribution in [0.4, 0.5) is 13.2 Å². The van der Waals surface area contributed by atoms with Crippen LogP contribution in [-0.4, -0.2) is 24.9 Å². The molecule has 2 rings (SSSR count). The molecule has 2 unspecified atom stereocenters. The van der Waals surface area contributed by atoms with Gasteiger partial charge in [0.1, 0.15) is 5.75 Å². The Balaban J connectivity index is 0.00000264. The third-order valence-electron chi connectivity index (χ3n) is 3.88. The lowest BCUT2D eigenvalue weighted by Crippen LogP contribution is -2.44. The van der Waals surface area contributed by atoms with Crippen LogP contribution in [0.3, 0.4) is 0 Å². The van der Waals surface area contributed by atoms with Crippen molar-refractivity contribution in [3.05, 3.63) is 29.8 Å². The van der Waals surface area contributed by atoms with Crippen LogP contribution in [0, 0.1) is 5.92 Å². The molecule has 130 valence electrons. The fourth-order valence-corrected chi connectivity index (χ4v) is 2.74. The van der Waals surface area contributed by atoms with E-state index in [1.54, 1.807) is 0 Å². The van der Waals surface area contributed by atoms with E-state index in [0.29, 0.717) is 12.1 Å². The van der Waals surface area contributed by atoms with Crippen molar-refractivity contribution in [1.29, 1.82) is 0 Å². The Kier molecular flexibility index (Phi) is 7.15. The van der Waals surface area contributed by atoms with Gasteiger partial charge in [-0.25, -0.2) is 0 Å². The number of carbonyl (C=O) groups is 1. The van der Waals surface area contributed by atoms with Crippen LogP contribution in [0.2, 0.25) is 0 Å². The van der Waals surface area contributed by atoms with Gasteiger partial charge in [-0.15, -0.1) is 25.6 Å². The summed E-state index contributed by atoms with van der Waals surface area (Å²) in [5.41, 5.74) is 6.01. The molecule has 23 heavy (non-hydrogen) atoms. The summed E-state index contributed by atoms with van der Waals surface area (Å²) in [6, 6.07) is 4.91. The van der Waals surface area contributed by atoms with Crippen LogP contribution in [0.1, 0.15) is 36.0 Å². The Labute approximate surface area is 139 Å². The molecule has 8 heteroatoms. The fourth-order valence-electron chi connectivity index (χ4n) is 2.74. The molecule has 4 nitrogen and oxygen atoms in total. The molecule has 3 N–H and O–H groups in total. The van der Waals surface area contributed by atoms with Gasteiger partial charge in [0, 0.05) is 11.6 Å². The van der Waals surface area contributed by atoms with Gasteiger partial charge in [-0.2, -0.15) is 0 Å². The van der Waals surface area contributed by atoms with Gasteiger partial charge >= 0.3 is 6.36 Å². The second kappa shape index (κ2) is 8.40. The fraction of sp³-hybridized carbons (Fsp3) is 0.533. The van der Waals surface area contributed by atoms with Crippen molar-refractivity contribution in [3.63, 3.8) is 0 Å². The standard InChI is InChI=1S/C15H19F3N2O2.ClH/c16-15(17,18)22-12-7-5-10(6-8-12)14(21)20-13-4-2-1-3-11(13)9-19;/h5-8,11,13H,1-4,9,19H2,(H,20,21);1H. The van der Waals surface area contributed by atoms with E-state index in [1.807, 2.05) is 0 Å². The number of rotatable bonds is 4. The average molecular weight is 353 g/mol. The first-order valence-corrected chi connectivity index (χ1v) is 7.26. The number of ether oxygens (including phenoxy) is 1. The number of hydrogen-bond acceptors (Lipinski definition) is 3. The summed E-state index contributed by atoms with van der Waals surface area (Å²) in [6.07, 6.45) is -0.722. The monoisotopic (exact) mass is 352 g/mol. The molecule has 1 aliphatic carbocycles. The van der Waals surface area contributed by atoms with Crippen LogP contribution in [0.25, 0.3) is 0 Å². The molecule has 1 saturated carbocycles. The number of nitrogens with two attached hydrogens (primary N) is 1. The third kappa shape index (κ3) is 5.91. The highest BCUT2D eigenvalue weighted by atomic mass is 35.5. The number of nitrogens with one attached hydrogen (secondary N) is 1. The highest BCUT2D eigenvalue weighted by Gasteiger charge is 2.31. The number of carbonyl (C=O) groups excluding carboxylic acids is 1. The van der Waals surface area contributed by atoms with Crippen molar-refractivity contribution in [3.8, 4) is 5.75 Å². The largest absolute Gasteiger partial charge is 0.573 e. The number of amides is 1. The van der Waals surface area contributed by atoms with E-state index < -0.39 is 6.36 Å². The van der Waals surface area contributed by atoms with Crippen LogP contribution in [0.5, 0.6) is 5.75 Å². The van der Waals surface area contributed by atoms with E-state index in [2.05, 4.69) is 10.1 Å². The maximum Gasteiger partial charge on any atom is 0.573 e. The average Bonchev–Trinajstić information content (AvgIpc) is 2.47. The molecular formula is C15H20ClF3N2O2. The van der Waals surface area contributed by atoms with Crippen molar-refractivity contribution < 1.29 is 22.7 Å². The van der Waals surface area contributed by atoms with E-state index in [1.165, 1.54) is 12.1 Å². The molecule has 1 aliphatic rings. The number of hydrogen-bond donors (Lipinski definition) is 2. The maximum atomic E-state index is 12.2. The Morgan fingerprint density at radius 3 is 2.39 bits per heavy atom. The Morgan fingerprint density at radius 1 is 1.22 bits per heavy atom. The number of halogens is 4. The van der Waals surface area contributed by atoms with Gasteiger partial charge in [-0.3, -0.25) is 4.79 Å². The van der Waals surface area contributed by atoms with Crippen molar-refractivity contribution in [2.24, 2.45) is 11.7 Å². The van der Waals surface area contributed by atoms with Crippen LogP contribution in [0.15, 0.2) is 24.3 Å². The minimum absolute atomic E-state index is 0. The normalized spacial score (nSPS) is 21.2. The van der Waals surface area contributed by atoms with Crippen molar-refractivity contribution in [2.45, 2.75) is 38.1 Å². The molecule has 1 aromatic carbocycles. The van der Waals surface area contributed by atoms with Crippen LogP contribution < -0.4 is 15.8 Å². The summed E-state index contributed by atoms with van der Waals surface area (Å²) in [5, 5.41) is 2.92. The lowest BCUT2D eigenvalue weighted by Gasteiger charge is -2.31. The van der Waals surface area contributed by atoms with Gasteiger partial charge in [0.2, 0.25) is 0 Å². The summed E-state index contributed by atoms with van der Waals surface area (Å²) in [7, 11) is 0. The first-order valence-electron chi connectivity index (χ1n) is 7.26. The van der Waals surface area contributed by atoms with E-state index in [0.717, 1.165) is 37.8 Å². The summed E-state index contributed by atoms with van der Waals surface area (Å²) in [6.45, 7) is 0.517. The van der Waals surface area contributed by atoms with Crippen molar-refractivity contribution in [2.75, 3.05) is 6.54 Å². The summed E-state index contributed by atoms with van der Waals surface area (Å²) < 4.78 is 40.0. The highest BCUT2D eigenvalue weighted by Crippen LogP contribution is 2.25. The third-order valence-corrected chi connectivity index (χ3v) is 3.88. The molecule has 1 aromatic rings. The van der Waals surface area contributed by atoms with Crippen molar-refractivity contribution >= 4 is 18.3 Å². The number of benzene rings is 1. The molecule has 0 heterocycles. The van der Waals surface area contributed by atoms with Crippen LogP contribution >= 0.6 is 12.4 Å². The lowest BCUT2D eigenvalue weighted by atomic mass is 9.84. The molecule has 2 atom stereocenters. The van der Waals surface area contributed by atoms with E-state index in [4.69, 9.17) is 5.73 Å². The topological polar surface area (TPSA) is 64.3 Å². The molecule has 1 amide bonds. The number of alkyl halides is 3. The van der Waals surface area contributed by atoms with Gasteiger partial charge in [-0.1, -0.05) is 12.8 Å². The summed E-state index contributed by atoms with van der Waals surface area (Å²) in [5.74, 6) is -0.393. The zero-order chi connectivity index (χ0) is 16.2. The second-order valence-corrected chi connectivity index (χ2v) is 5.43. The molecule has 0 bridgehead atoms.